The third-order valence-corrected chi connectivity index (χ3v) is 8.19. The number of aromatic nitrogens is 5. The van der Waals surface area contributed by atoms with Gasteiger partial charge in [0, 0.05) is 61.7 Å². The van der Waals surface area contributed by atoms with Gasteiger partial charge in [0.2, 0.25) is 0 Å². The monoisotopic (exact) mass is 662 g/mol. The predicted molar refractivity (Wildman–Crippen MR) is 192 cm³/mol. The van der Waals surface area contributed by atoms with Crippen molar-refractivity contribution in [3.05, 3.63) is 90.1 Å². The predicted octanol–water partition coefficient (Wildman–Crippen LogP) is 6.36. The fourth-order valence-corrected chi connectivity index (χ4v) is 5.77. The summed E-state index contributed by atoms with van der Waals surface area (Å²) in [6.45, 7) is 12.7. The van der Waals surface area contributed by atoms with Crippen molar-refractivity contribution in [1.29, 1.82) is 0 Å². The second-order valence-electron chi connectivity index (χ2n) is 13.1. The van der Waals surface area contributed by atoms with Crippen molar-refractivity contribution in [2.75, 3.05) is 53.7 Å². The van der Waals surface area contributed by atoms with E-state index in [1.54, 1.807) is 18.0 Å². The van der Waals surface area contributed by atoms with Gasteiger partial charge in [-0.15, -0.1) is 0 Å². The van der Waals surface area contributed by atoms with Crippen molar-refractivity contribution >= 4 is 51.7 Å². The number of ether oxygens (including phenoxy) is 1. The highest BCUT2D eigenvalue weighted by molar-refractivity contribution is 6.07. The van der Waals surface area contributed by atoms with E-state index in [-0.39, 0.29) is 12.1 Å². The van der Waals surface area contributed by atoms with Gasteiger partial charge >= 0.3 is 12.1 Å². The molecule has 0 atom stereocenters. The van der Waals surface area contributed by atoms with Crippen LogP contribution in [0.15, 0.2) is 73.1 Å². The van der Waals surface area contributed by atoms with Crippen LogP contribution in [0.25, 0.3) is 10.9 Å². The SMILES string of the molecule is Cc1cccc(Cn2nc(C)c3c(NC(=O)N(C)c4cc(Nc5ccc(N6CCN(C(=O)OC(C)(C)C)CC6)cc5)ncn4)cccc32)n1. The average Bonchev–Trinajstić information content (AvgIpc) is 3.39. The van der Waals surface area contributed by atoms with Crippen molar-refractivity contribution in [2.45, 2.75) is 46.8 Å². The number of pyridine rings is 1. The Morgan fingerprint density at radius 1 is 0.939 bits per heavy atom. The van der Waals surface area contributed by atoms with Crippen LogP contribution in [0.2, 0.25) is 0 Å². The zero-order valence-corrected chi connectivity index (χ0v) is 28.8. The molecule has 2 aromatic carbocycles. The van der Waals surface area contributed by atoms with Crippen LogP contribution < -0.4 is 20.4 Å². The molecule has 0 spiro atoms. The topological polar surface area (TPSA) is 134 Å². The summed E-state index contributed by atoms with van der Waals surface area (Å²) in [6, 6.07) is 21.1. The molecule has 1 aliphatic rings. The summed E-state index contributed by atoms with van der Waals surface area (Å²) in [5.41, 5.74) is 5.64. The molecule has 0 radical (unpaired) electrons. The molecule has 6 rings (SSSR count). The van der Waals surface area contributed by atoms with Crippen LogP contribution in [-0.2, 0) is 11.3 Å². The lowest BCUT2D eigenvalue weighted by molar-refractivity contribution is 0.0240. The van der Waals surface area contributed by atoms with E-state index in [1.807, 2.05) is 100.0 Å². The van der Waals surface area contributed by atoms with Gasteiger partial charge in [-0.05, 0) is 83.1 Å². The molecule has 3 aromatic heterocycles. The van der Waals surface area contributed by atoms with Crippen molar-refractivity contribution in [3.8, 4) is 0 Å². The van der Waals surface area contributed by atoms with E-state index >= 15 is 0 Å². The highest BCUT2D eigenvalue weighted by Crippen LogP contribution is 2.28. The molecule has 1 fully saturated rings. The molecule has 0 unspecified atom stereocenters. The number of piperazine rings is 1. The molecule has 0 saturated carbocycles. The molecular weight excluding hydrogens is 620 g/mol. The number of nitrogens with one attached hydrogen (secondary N) is 2. The molecule has 0 bridgehead atoms. The minimum absolute atomic E-state index is 0.272. The number of fused-ring (bicyclic) bond motifs is 1. The minimum Gasteiger partial charge on any atom is -0.444 e. The van der Waals surface area contributed by atoms with Crippen LogP contribution in [0, 0.1) is 13.8 Å². The lowest BCUT2D eigenvalue weighted by atomic mass is 10.1. The lowest BCUT2D eigenvalue weighted by Gasteiger charge is -2.36. The van der Waals surface area contributed by atoms with Crippen molar-refractivity contribution < 1.29 is 14.3 Å². The van der Waals surface area contributed by atoms with Gasteiger partial charge in [0.05, 0.1) is 29.1 Å². The summed E-state index contributed by atoms with van der Waals surface area (Å²) in [7, 11) is 1.67. The Morgan fingerprint density at radius 3 is 2.39 bits per heavy atom. The number of carbonyl (C=O) groups is 2. The number of rotatable bonds is 7. The number of benzene rings is 2. The molecule has 254 valence electrons. The van der Waals surface area contributed by atoms with E-state index in [0.717, 1.165) is 52.4 Å². The summed E-state index contributed by atoms with van der Waals surface area (Å²) >= 11 is 0. The van der Waals surface area contributed by atoms with Crippen LogP contribution in [-0.4, -0.2) is 80.6 Å². The van der Waals surface area contributed by atoms with Crippen molar-refractivity contribution in [2.24, 2.45) is 0 Å². The Balaban J connectivity index is 1.08. The van der Waals surface area contributed by atoms with Crippen molar-refractivity contribution in [3.63, 3.8) is 0 Å². The normalized spacial score (nSPS) is 13.3. The molecule has 49 heavy (non-hydrogen) atoms. The Labute approximate surface area is 285 Å². The second-order valence-corrected chi connectivity index (χ2v) is 13.1. The van der Waals surface area contributed by atoms with Crippen LogP contribution in [0.5, 0.6) is 0 Å². The first-order valence-electron chi connectivity index (χ1n) is 16.3. The lowest BCUT2D eigenvalue weighted by Crippen LogP contribution is -2.50. The minimum atomic E-state index is -0.510. The molecule has 13 nitrogen and oxygen atoms in total. The summed E-state index contributed by atoms with van der Waals surface area (Å²) in [5, 5.41) is 12.0. The summed E-state index contributed by atoms with van der Waals surface area (Å²) in [5.74, 6) is 0.979. The Kier molecular flexibility index (Phi) is 9.34. The standard InChI is InChI=1S/C36H42N10O3/c1-24-9-7-10-27(39-24)22-46-30-12-8-11-29(33(30)25(2)42-46)41-34(47)43(6)32-21-31(37-23-38-32)40-26-13-15-28(16-14-26)44-17-19-45(20-18-44)35(48)49-36(3,4)5/h7-16,21,23H,17-20,22H2,1-6H3,(H,41,47)(H,37,38,40). The smallest absolute Gasteiger partial charge is 0.410 e. The molecule has 2 N–H and O–H groups in total. The largest absolute Gasteiger partial charge is 0.444 e. The third-order valence-electron chi connectivity index (χ3n) is 8.19. The first-order valence-corrected chi connectivity index (χ1v) is 16.3. The fourth-order valence-electron chi connectivity index (χ4n) is 5.77. The number of nitrogens with zero attached hydrogens (tertiary/aromatic N) is 8. The molecule has 3 amide bonds. The molecular formula is C36H42N10O3. The molecule has 1 aliphatic heterocycles. The zero-order chi connectivity index (χ0) is 34.7. The van der Waals surface area contributed by atoms with Gasteiger partial charge in [0.25, 0.3) is 0 Å². The zero-order valence-electron chi connectivity index (χ0n) is 28.8. The number of urea groups is 1. The number of hydrogen-bond donors (Lipinski definition) is 2. The van der Waals surface area contributed by atoms with E-state index in [4.69, 9.17) is 9.84 Å². The highest BCUT2D eigenvalue weighted by atomic mass is 16.6. The second kappa shape index (κ2) is 13.8. The fraction of sp³-hybridized carbons (Fsp3) is 0.333. The Morgan fingerprint density at radius 2 is 1.67 bits per heavy atom. The number of carbonyl (C=O) groups excluding carboxylic acids is 2. The third kappa shape index (κ3) is 7.88. The van der Waals surface area contributed by atoms with E-state index in [1.165, 1.54) is 11.2 Å². The molecule has 5 aromatic rings. The number of aryl methyl sites for hydroxylation is 2. The van der Waals surface area contributed by atoms with E-state index < -0.39 is 5.60 Å². The van der Waals surface area contributed by atoms with Crippen LogP contribution in [0.4, 0.5) is 38.3 Å². The first kappa shape index (κ1) is 33.2. The number of anilines is 5. The summed E-state index contributed by atoms with van der Waals surface area (Å²) in [4.78, 5) is 44.6. The van der Waals surface area contributed by atoms with Crippen LogP contribution in [0.1, 0.15) is 37.9 Å². The molecule has 13 heteroatoms. The maximum atomic E-state index is 13.4. The van der Waals surface area contributed by atoms with Gasteiger partial charge in [0.15, 0.2) is 0 Å². The van der Waals surface area contributed by atoms with Crippen molar-refractivity contribution in [1.82, 2.24) is 29.6 Å². The molecule has 1 saturated heterocycles. The Bertz CT molecular complexity index is 1960. The first-order chi connectivity index (χ1) is 23.4. The summed E-state index contributed by atoms with van der Waals surface area (Å²) in [6.07, 6.45) is 1.15. The number of amides is 3. The molecule has 0 aliphatic carbocycles. The highest BCUT2D eigenvalue weighted by Gasteiger charge is 2.26. The maximum Gasteiger partial charge on any atom is 0.410 e. The summed E-state index contributed by atoms with van der Waals surface area (Å²) < 4.78 is 7.42. The van der Waals surface area contributed by atoms with Gasteiger partial charge in [-0.1, -0.05) is 12.1 Å². The van der Waals surface area contributed by atoms with Crippen LogP contribution in [0.3, 0.4) is 0 Å². The quantitative estimate of drug-likeness (QED) is 0.204. The molecule has 4 heterocycles. The van der Waals surface area contributed by atoms with E-state index in [9.17, 15) is 9.59 Å². The Hall–Kier alpha value is -5.72. The van der Waals surface area contributed by atoms with Gasteiger partial charge in [0.1, 0.15) is 23.6 Å². The average molecular weight is 663 g/mol. The van der Waals surface area contributed by atoms with E-state index in [2.05, 4.69) is 30.5 Å². The van der Waals surface area contributed by atoms with Gasteiger partial charge in [-0.25, -0.2) is 19.6 Å². The van der Waals surface area contributed by atoms with Gasteiger partial charge in [-0.2, -0.15) is 5.10 Å². The van der Waals surface area contributed by atoms with Gasteiger partial charge in [-0.3, -0.25) is 14.6 Å². The van der Waals surface area contributed by atoms with E-state index in [0.29, 0.717) is 37.0 Å². The maximum absolute atomic E-state index is 13.4. The number of hydrogen-bond acceptors (Lipinski definition) is 9. The van der Waals surface area contributed by atoms with Crippen LogP contribution >= 0.6 is 0 Å². The van der Waals surface area contributed by atoms with Gasteiger partial charge < -0.3 is 25.2 Å².